The molecule has 0 aliphatic carbocycles. The molecule has 1 fully saturated rings. The number of halogens is 1. The van der Waals surface area contributed by atoms with Crippen LogP contribution >= 0.6 is 11.6 Å². The number of carbonyl (C=O) groups is 3. The summed E-state index contributed by atoms with van der Waals surface area (Å²) in [6, 6.07) is 10.9. The van der Waals surface area contributed by atoms with Crippen LogP contribution in [0.4, 0.5) is 0 Å². The molecule has 5 rings (SSSR count). The number of aromatic nitrogens is 1. The van der Waals surface area contributed by atoms with E-state index in [9.17, 15) is 14.4 Å². The van der Waals surface area contributed by atoms with Crippen LogP contribution in [0.1, 0.15) is 46.1 Å². The maximum atomic E-state index is 13.1. The summed E-state index contributed by atoms with van der Waals surface area (Å²) in [6.07, 6.45) is 1.37. The number of carbonyl (C=O) groups excluding carboxylic acids is 3. The van der Waals surface area contributed by atoms with E-state index in [1.54, 1.807) is 23.1 Å². The number of oxazole rings is 1. The molecule has 0 radical (unpaired) electrons. The number of amides is 3. The van der Waals surface area contributed by atoms with Gasteiger partial charge in [-0.25, -0.2) is 4.98 Å². The van der Waals surface area contributed by atoms with Crippen molar-refractivity contribution in [2.45, 2.75) is 31.7 Å². The first kappa shape index (κ1) is 18.8. The minimum Gasteiger partial charge on any atom is -0.440 e. The van der Waals surface area contributed by atoms with E-state index in [1.165, 1.54) is 5.56 Å². The standard InChI is InChI=1S/C22H18ClN3O4/c23-15-3-1-14-11-26(8-7-12(14)9-15)22(29)13-2-5-17-18(10-13)30-21(24-17)16-4-6-19(27)25-20(16)28/h1-3,5,9-10,16H,4,6-8,11H2,(H,25,27,28). The topological polar surface area (TPSA) is 92.5 Å². The van der Waals surface area contributed by atoms with Gasteiger partial charge in [-0.1, -0.05) is 17.7 Å². The summed E-state index contributed by atoms with van der Waals surface area (Å²) < 4.78 is 5.79. The van der Waals surface area contributed by atoms with Crippen LogP contribution in [0.2, 0.25) is 5.02 Å². The lowest BCUT2D eigenvalue weighted by atomic mass is 9.98. The van der Waals surface area contributed by atoms with Crippen molar-refractivity contribution < 1.29 is 18.8 Å². The Labute approximate surface area is 177 Å². The van der Waals surface area contributed by atoms with Gasteiger partial charge in [0.25, 0.3) is 5.91 Å². The second-order valence-electron chi connectivity index (χ2n) is 7.63. The molecule has 3 heterocycles. The van der Waals surface area contributed by atoms with Crippen LogP contribution in [0.15, 0.2) is 40.8 Å². The summed E-state index contributed by atoms with van der Waals surface area (Å²) in [5.74, 6) is -1.11. The van der Waals surface area contributed by atoms with Gasteiger partial charge in [0.2, 0.25) is 17.7 Å². The highest BCUT2D eigenvalue weighted by Crippen LogP contribution is 2.29. The van der Waals surface area contributed by atoms with Crippen molar-refractivity contribution in [3.63, 3.8) is 0 Å². The lowest BCUT2D eigenvalue weighted by Gasteiger charge is -2.29. The smallest absolute Gasteiger partial charge is 0.254 e. The molecule has 30 heavy (non-hydrogen) atoms. The third kappa shape index (κ3) is 3.35. The third-order valence-electron chi connectivity index (χ3n) is 5.66. The van der Waals surface area contributed by atoms with Crippen LogP contribution in [-0.2, 0) is 22.6 Å². The van der Waals surface area contributed by atoms with E-state index in [2.05, 4.69) is 10.3 Å². The molecule has 1 N–H and O–H groups in total. The molecule has 1 unspecified atom stereocenters. The molecule has 2 aliphatic rings. The van der Waals surface area contributed by atoms with Crippen molar-refractivity contribution in [3.8, 4) is 0 Å². The molecule has 3 aromatic rings. The third-order valence-corrected chi connectivity index (χ3v) is 5.89. The largest absolute Gasteiger partial charge is 0.440 e. The van der Waals surface area contributed by atoms with Gasteiger partial charge < -0.3 is 9.32 Å². The van der Waals surface area contributed by atoms with Gasteiger partial charge >= 0.3 is 0 Å². The Hall–Kier alpha value is -3.19. The van der Waals surface area contributed by atoms with E-state index < -0.39 is 11.8 Å². The molecule has 0 saturated carbocycles. The van der Waals surface area contributed by atoms with E-state index in [-0.39, 0.29) is 24.1 Å². The van der Waals surface area contributed by atoms with Crippen LogP contribution in [0.3, 0.4) is 0 Å². The maximum absolute atomic E-state index is 13.1. The highest BCUT2D eigenvalue weighted by Gasteiger charge is 2.32. The SMILES string of the molecule is O=C1CCC(c2nc3ccc(C(=O)N4CCc5cc(Cl)ccc5C4)cc3o2)C(=O)N1. The van der Waals surface area contributed by atoms with Gasteiger partial charge in [-0.3, -0.25) is 19.7 Å². The van der Waals surface area contributed by atoms with E-state index in [1.807, 2.05) is 18.2 Å². The molecule has 1 saturated heterocycles. The van der Waals surface area contributed by atoms with Gasteiger partial charge in [0.15, 0.2) is 5.58 Å². The number of nitrogens with zero attached hydrogens (tertiary/aromatic N) is 2. The fourth-order valence-corrected chi connectivity index (χ4v) is 4.23. The van der Waals surface area contributed by atoms with E-state index >= 15 is 0 Å². The number of hydrogen-bond donors (Lipinski definition) is 1. The lowest BCUT2D eigenvalue weighted by Crippen LogP contribution is -2.39. The van der Waals surface area contributed by atoms with Crippen LogP contribution in [0.5, 0.6) is 0 Å². The number of rotatable bonds is 2. The number of hydrogen-bond acceptors (Lipinski definition) is 5. The van der Waals surface area contributed by atoms with Crippen molar-refractivity contribution in [2.75, 3.05) is 6.54 Å². The molecule has 7 nitrogen and oxygen atoms in total. The minimum absolute atomic E-state index is 0.0866. The highest BCUT2D eigenvalue weighted by atomic mass is 35.5. The Morgan fingerprint density at radius 3 is 2.83 bits per heavy atom. The Kier molecular flexibility index (Phi) is 4.55. The van der Waals surface area contributed by atoms with Gasteiger partial charge in [0.05, 0.1) is 0 Å². The first-order valence-corrected chi connectivity index (χ1v) is 10.2. The van der Waals surface area contributed by atoms with Gasteiger partial charge in [-0.05, 0) is 54.3 Å². The Morgan fingerprint density at radius 2 is 2.00 bits per heavy atom. The normalized spacial score (nSPS) is 19.0. The summed E-state index contributed by atoms with van der Waals surface area (Å²) in [6.45, 7) is 1.14. The molecule has 1 atom stereocenters. The van der Waals surface area contributed by atoms with Crippen LogP contribution in [-0.4, -0.2) is 34.2 Å². The molecular weight excluding hydrogens is 406 g/mol. The maximum Gasteiger partial charge on any atom is 0.254 e. The van der Waals surface area contributed by atoms with Crippen molar-refractivity contribution in [1.82, 2.24) is 15.2 Å². The number of nitrogens with one attached hydrogen (secondary N) is 1. The average Bonchev–Trinajstić information content (AvgIpc) is 3.15. The Balaban J connectivity index is 1.38. The highest BCUT2D eigenvalue weighted by molar-refractivity contribution is 6.30. The molecule has 3 amide bonds. The van der Waals surface area contributed by atoms with Crippen molar-refractivity contribution in [1.29, 1.82) is 0 Å². The molecule has 0 spiro atoms. The summed E-state index contributed by atoms with van der Waals surface area (Å²) in [7, 11) is 0. The zero-order chi connectivity index (χ0) is 20.8. The van der Waals surface area contributed by atoms with E-state index in [4.69, 9.17) is 16.0 Å². The molecule has 8 heteroatoms. The second-order valence-corrected chi connectivity index (χ2v) is 8.06. The first-order valence-electron chi connectivity index (χ1n) is 9.79. The monoisotopic (exact) mass is 423 g/mol. The number of fused-ring (bicyclic) bond motifs is 2. The molecule has 1 aromatic heterocycles. The molecule has 2 aromatic carbocycles. The van der Waals surface area contributed by atoms with Crippen molar-refractivity contribution in [2.24, 2.45) is 0 Å². The fraction of sp³-hybridized carbons (Fsp3) is 0.273. The quantitative estimate of drug-likeness (QED) is 0.639. The van der Waals surface area contributed by atoms with Crippen molar-refractivity contribution in [3.05, 3.63) is 64.0 Å². The number of imide groups is 1. The summed E-state index contributed by atoms with van der Waals surface area (Å²) in [5.41, 5.74) is 3.80. The molecular formula is C22H18ClN3O4. The average molecular weight is 424 g/mol. The molecule has 152 valence electrons. The minimum atomic E-state index is -0.598. The van der Waals surface area contributed by atoms with Crippen LogP contribution in [0, 0.1) is 0 Å². The van der Waals surface area contributed by atoms with Gasteiger partial charge in [0, 0.05) is 30.1 Å². The van der Waals surface area contributed by atoms with Crippen molar-refractivity contribution >= 4 is 40.4 Å². The number of benzene rings is 2. The summed E-state index contributed by atoms with van der Waals surface area (Å²) in [5, 5.41) is 3.01. The first-order chi connectivity index (χ1) is 14.5. The number of piperidine rings is 1. The Bertz CT molecular complexity index is 1200. The predicted molar refractivity (Wildman–Crippen MR) is 109 cm³/mol. The second kappa shape index (κ2) is 7.25. The molecule has 0 bridgehead atoms. The lowest BCUT2D eigenvalue weighted by molar-refractivity contribution is -0.134. The van der Waals surface area contributed by atoms with E-state index in [0.717, 1.165) is 12.0 Å². The van der Waals surface area contributed by atoms with Gasteiger partial charge in [-0.2, -0.15) is 0 Å². The van der Waals surface area contributed by atoms with Crippen LogP contribution in [0.25, 0.3) is 11.1 Å². The van der Waals surface area contributed by atoms with Gasteiger partial charge in [-0.15, -0.1) is 0 Å². The molecule has 2 aliphatic heterocycles. The van der Waals surface area contributed by atoms with Gasteiger partial charge in [0.1, 0.15) is 11.4 Å². The fourth-order valence-electron chi connectivity index (χ4n) is 4.03. The van der Waals surface area contributed by atoms with E-state index in [0.29, 0.717) is 41.2 Å². The van der Waals surface area contributed by atoms with Crippen LogP contribution < -0.4 is 5.32 Å². The Morgan fingerprint density at radius 1 is 1.13 bits per heavy atom. The summed E-state index contributed by atoms with van der Waals surface area (Å²) >= 11 is 6.06. The zero-order valence-electron chi connectivity index (χ0n) is 16.0. The summed E-state index contributed by atoms with van der Waals surface area (Å²) in [4.78, 5) is 42.7. The predicted octanol–water partition coefficient (Wildman–Crippen LogP) is 3.20. The zero-order valence-corrected chi connectivity index (χ0v) is 16.7.